The number of methoxy groups -OCH3 is 3. The lowest BCUT2D eigenvalue weighted by Gasteiger charge is -2.26. The normalized spacial score (nSPS) is 11.7. The molecule has 0 aliphatic heterocycles. The molecule has 28 heavy (non-hydrogen) atoms. The fourth-order valence-corrected chi connectivity index (χ4v) is 3.54. The van der Waals surface area contributed by atoms with Crippen LogP contribution in [0.15, 0.2) is 30.3 Å². The van der Waals surface area contributed by atoms with Crippen molar-refractivity contribution in [1.82, 2.24) is 4.90 Å². The highest BCUT2D eigenvalue weighted by Crippen LogP contribution is 2.38. The molecular formula is C21H25Cl2NO4. The lowest BCUT2D eigenvalue weighted by molar-refractivity contribution is -0.131. The molecule has 1 atom stereocenters. The Morgan fingerprint density at radius 2 is 1.64 bits per heavy atom. The molecule has 0 aliphatic rings. The van der Waals surface area contributed by atoms with Gasteiger partial charge < -0.3 is 19.1 Å². The van der Waals surface area contributed by atoms with E-state index in [9.17, 15) is 4.79 Å². The first-order valence-corrected chi connectivity index (χ1v) is 9.57. The Balaban J connectivity index is 2.10. The molecule has 0 aliphatic carbocycles. The van der Waals surface area contributed by atoms with E-state index in [0.717, 1.165) is 11.1 Å². The van der Waals surface area contributed by atoms with E-state index in [1.807, 2.05) is 25.1 Å². The van der Waals surface area contributed by atoms with Crippen LogP contribution < -0.4 is 14.2 Å². The fraction of sp³-hybridized carbons (Fsp3) is 0.381. The third-order valence-electron chi connectivity index (χ3n) is 4.74. The minimum absolute atomic E-state index is 0.00673. The zero-order valence-electron chi connectivity index (χ0n) is 16.7. The number of rotatable bonds is 8. The molecule has 1 amide bonds. The summed E-state index contributed by atoms with van der Waals surface area (Å²) >= 11 is 12.2. The van der Waals surface area contributed by atoms with E-state index in [1.165, 1.54) is 0 Å². The molecule has 5 nitrogen and oxygen atoms in total. The Labute approximate surface area is 176 Å². The van der Waals surface area contributed by atoms with Crippen molar-refractivity contribution in [1.29, 1.82) is 0 Å². The molecule has 0 N–H and O–H groups in total. The third kappa shape index (κ3) is 5.03. The largest absolute Gasteiger partial charge is 0.493 e. The number of hydrogen-bond donors (Lipinski definition) is 0. The van der Waals surface area contributed by atoms with Crippen molar-refractivity contribution in [3.8, 4) is 17.2 Å². The summed E-state index contributed by atoms with van der Waals surface area (Å²) < 4.78 is 16.1. The summed E-state index contributed by atoms with van der Waals surface area (Å²) in [5.41, 5.74) is 1.78. The van der Waals surface area contributed by atoms with Gasteiger partial charge in [0.25, 0.3) is 0 Å². The number of amides is 1. The number of carbonyl (C=O) groups is 1. The maximum Gasteiger partial charge on any atom is 0.223 e. The van der Waals surface area contributed by atoms with Crippen LogP contribution in [0.2, 0.25) is 10.0 Å². The average Bonchev–Trinajstić information content (AvgIpc) is 2.69. The van der Waals surface area contributed by atoms with Crippen molar-refractivity contribution in [3.05, 3.63) is 51.5 Å². The first-order valence-electron chi connectivity index (χ1n) is 8.81. The Kier molecular flexibility index (Phi) is 7.84. The van der Waals surface area contributed by atoms with Gasteiger partial charge in [0, 0.05) is 23.5 Å². The van der Waals surface area contributed by atoms with Crippen LogP contribution in [0.4, 0.5) is 0 Å². The quantitative estimate of drug-likeness (QED) is 0.584. The molecule has 0 fully saturated rings. The molecule has 1 unspecified atom stereocenters. The average molecular weight is 426 g/mol. The van der Waals surface area contributed by atoms with Crippen molar-refractivity contribution in [3.63, 3.8) is 0 Å². The number of halogens is 2. The van der Waals surface area contributed by atoms with Crippen molar-refractivity contribution in [2.45, 2.75) is 25.8 Å². The monoisotopic (exact) mass is 425 g/mol. The molecule has 2 aromatic rings. The third-order valence-corrected chi connectivity index (χ3v) is 5.30. The molecule has 0 bridgehead atoms. The van der Waals surface area contributed by atoms with Gasteiger partial charge in [0.15, 0.2) is 11.5 Å². The molecule has 0 saturated heterocycles. The van der Waals surface area contributed by atoms with E-state index >= 15 is 0 Å². The summed E-state index contributed by atoms with van der Waals surface area (Å²) in [7, 11) is 6.46. The van der Waals surface area contributed by atoms with Gasteiger partial charge in [-0.1, -0.05) is 29.3 Å². The number of hydrogen-bond acceptors (Lipinski definition) is 4. The molecule has 2 aromatic carbocycles. The van der Waals surface area contributed by atoms with E-state index in [2.05, 4.69) is 0 Å². The van der Waals surface area contributed by atoms with E-state index in [1.54, 1.807) is 45.4 Å². The summed E-state index contributed by atoms with van der Waals surface area (Å²) in [5, 5.41) is 1.11. The second-order valence-electron chi connectivity index (χ2n) is 6.38. The van der Waals surface area contributed by atoms with Gasteiger partial charge >= 0.3 is 0 Å². The predicted octanol–water partition coefficient (Wildman–Crippen LogP) is 5.17. The molecule has 0 saturated carbocycles. The predicted molar refractivity (Wildman–Crippen MR) is 112 cm³/mol. The number of benzene rings is 2. The molecule has 0 aromatic heterocycles. The maximum atomic E-state index is 12.7. The van der Waals surface area contributed by atoms with Crippen molar-refractivity contribution < 1.29 is 19.0 Å². The standard InChI is InChI=1S/C21H25Cl2NO4/c1-13(16-8-7-15(22)12-17(16)23)24(2)20(25)9-6-14-10-18(26-3)21(28-5)19(11-14)27-4/h7-8,10-13H,6,9H2,1-5H3. The van der Waals surface area contributed by atoms with Crippen LogP contribution in [0.1, 0.15) is 30.5 Å². The van der Waals surface area contributed by atoms with E-state index in [0.29, 0.717) is 40.1 Å². The van der Waals surface area contributed by atoms with Crippen LogP contribution >= 0.6 is 23.2 Å². The van der Waals surface area contributed by atoms with Gasteiger partial charge in [-0.25, -0.2) is 0 Å². The summed E-state index contributed by atoms with van der Waals surface area (Å²) in [5.74, 6) is 1.67. The minimum atomic E-state index is -0.169. The second kappa shape index (κ2) is 9.89. The molecule has 2 rings (SSSR count). The first kappa shape index (κ1) is 22.2. The van der Waals surface area contributed by atoms with Gasteiger partial charge in [0.2, 0.25) is 11.7 Å². The summed E-state index contributed by atoms with van der Waals surface area (Å²) in [6.07, 6.45) is 0.881. The highest BCUT2D eigenvalue weighted by molar-refractivity contribution is 6.35. The lowest BCUT2D eigenvalue weighted by Crippen LogP contribution is -2.30. The van der Waals surface area contributed by atoms with Crippen LogP contribution in [-0.2, 0) is 11.2 Å². The molecule has 152 valence electrons. The Morgan fingerprint density at radius 1 is 1.04 bits per heavy atom. The van der Waals surface area contributed by atoms with Crippen molar-refractivity contribution >= 4 is 29.1 Å². The van der Waals surface area contributed by atoms with Gasteiger partial charge in [-0.15, -0.1) is 0 Å². The number of carbonyl (C=O) groups excluding carboxylic acids is 1. The summed E-state index contributed by atoms with van der Waals surface area (Å²) in [6, 6.07) is 8.84. The van der Waals surface area contributed by atoms with Crippen LogP contribution in [-0.4, -0.2) is 39.2 Å². The molecule has 0 radical (unpaired) electrons. The number of aryl methyl sites for hydroxylation is 1. The highest BCUT2D eigenvalue weighted by atomic mass is 35.5. The van der Waals surface area contributed by atoms with Crippen LogP contribution in [0.25, 0.3) is 0 Å². The minimum Gasteiger partial charge on any atom is -0.493 e. The maximum absolute atomic E-state index is 12.7. The van der Waals surface area contributed by atoms with E-state index in [-0.39, 0.29) is 11.9 Å². The summed E-state index contributed by atoms with van der Waals surface area (Å²) in [4.78, 5) is 14.4. The highest BCUT2D eigenvalue weighted by Gasteiger charge is 2.20. The molecular weight excluding hydrogens is 401 g/mol. The smallest absolute Gasteiger partial charge is 0.223 e. The van der Waals surface area contributed by atoms with Gasteiger partial charge in [-0.05, 0) is 48.7 Å². The molecule has 0 spiro atoms. The van der Waals surface area contributed by atoms with Crippen LogP contribution in [0, 0.1) is 0 Å². The fourth-order valence-electron chi connectivity index (χ4n) is 2.97. The molecule has 0 heterocycles. The van der Waals surface area contributed by atoms with Gasteiger partial charge in [0.1, 0.15) is 0 Å². The van der Waals surface area contributed by atoms with Gasteiger partial charge in [-0.2, -0.15) is 0 Å². The summed E-state index contributed by atoms with van der Waals surface area (Å²) in [6.45, 7) is 1.94. The van der Waals surface area contributed by atoms with E-state index < -0.39 is 0 Å². The molecule has 7 heteroatoms. The number of nitrogens with zero attached hydrogens (tertiary/aromatic N) is 1. The second-order valence-corrected chi connectivity index (χ2v) is 7.22. The van der Waals surface area contributed by atoms with Crippen molar-refractivity contribution in [2.24, 2.45) is 0 Å². The zero-order chi connectivity index (χ0) is 20.8. The number of ether oxygens (including phenoxy) is 3. The van der Waals surface area contributed by atoms with Crippen molar-refractivity contribution in [2.75, 3.05) is 28.4 Å². The van der Waals surface area contributed by atoms with Crippen LogP contribution in [0.5, 0.6) is 17.2 Å². The Bertz CT molecular complexity index is 816. The van der Waals surface area contributed by atoms with Gasteiger partial charge in [-0.3, -0.25) is 4.79 Å². The topological polar surface area (TPSA) is 48.0 Å². The van der Waals surface area contributed by atoms with Gasteiger partial charge in [0.05, 0.1) is 27.4 Å². The van der Waals surface area contributed by atoms with E-state index in [4.69, 9.17) is 37.4 Å². The SMILES string of the molecule is COc1cc(CCC(=O)N(C)C(C)c2ccc(Cl)cc2Cl)cc(OC)c1OC. The Morgan fingerprint density at radius 3 is 2.14 bits per heavy atom. The Hall–Kier alpha value is -2.11. The first-order chi connectivity index (χ1) is 13.3. The zero-order valence-corrected chi connectivity index (χ0v) is 18.2. The van der Waals surface area contributed by atoms with Crippen LogP contribution in [0.3, 0.4) is 0 Å². The lowest BCUT2D eigenvalue weighted by atomic mass is 10.0.